The van der Waals surface area contributed by atoms with Gasteiger partial charge in [0.25, 0.3) is 5.91 Å². The lowest BCUT2D eigenvalue weighted by Crippen LogP contribution is -2.49. The number of allylic oxidation sites excluding steroid dienone is 1. The molecular weight excluding hydrogens is 374 g/mol. The number of nitrogen functional groups attached to an aromatic ring is 1. The predicted octanol–water partition coefficient (Wildman–Crippen LogP) is 3.32. The highest BCUT2D eigenvalue weighted by molar-refractivity contribution is 5.98. The topological polar surface area (TPSA) is 74.0 Å². The van der Waals surface area contributed by atoms with E-state index < -0.39 is 0 Å². The highest BCUT2D eigenvalue weighted by atomic mass is 16.2. The van der Waals surface area contributed by atoms with Crippen molar-refractivity contribution in [3.63, 3.8) is 0 Å². The quantitative estimate of drug-likeness (QED) is 0.314. The zero-order valence-corrected chi connectivity index (χ0v) is 18.8. The van der Waals surface area contributed by atoms with Gasteiger partial charge in [0.05, 0.1) is 0 Å². The van der Waals surface area contributed by atoms with Gasteiger partial charge in [-0.05, 0) is 65.0 Å². The summed E-state index contributed by atoms with van der Waals surface area (Å²) in [6.45, 7) is 15.9. The molecule has 0 atom stereocenters. The Morgan fingerprint density at radius 2 is 1.73 bits per heavy atom. The second-order valence-electron chi connectivity index (χ2n) is 9.00. The minimum atomic E-state index is 0.0846. The van der Waals surface area contributed by atoms with Gasteiger partial charge in [0, 0.05) is 55.1 Å². The van der Waals surface area contributed by atoms with Gasteiger partial charge in [-0.3, -0.25) is 9.69 Å². The van der Waals surface area contributed by atoms with Crippen molar-refractivity contribution >= 4 is 18.3 Å². The normalized spacial score (nSPS) is 19.0. The van der Waals surface area contributed by atoms with E-state index in [2.05, 4.69) is 41.0 Å². The van der Waals surface area contributed by atoms with E-state index in [-0.39, 0.29) is 11.4 Å². The van der Waals surface area contributed by atoms with Crippen molar-refractivity contribution in [3.8, 4) is 0 Å². The van der Waals surface area contributed by atoms with Gasteiger partial charge in [0.2, 0.25) is 0 Å². The lowest BCUT2D eigenvalue weighted by Gasteiger charge is -2.35. The molecule has 1 aliphatic carbocycles. The largest absolute Gasteiger partial charge is 0.399 e. The van der Waals surface area contributed by atoms with Crippen LogP contribution in [0, 0.1) is 0 Å². The third-order valence-electron chi connectivity index (χ3n) is 6.07. The summed E-state index contributed by atoms with van der Waals surface area (Å²) in [5, 5.41) is 3.48. The minimum absolute atomic E-state index is 0.0846. The molecule has 30 heavy (non-hydrogen) atoms. The molecule has 6 heteroatoms. The Hall–Kier alpha value is -2.60. The monoisotopic (exact) mass is 409 g/mol. The molecule has 6 nitrogen and oxygen atoms in total. The molecule has 1 saturated heterocycles. The summed E-state index contributed by atoms with van der Waals surface area (Å²) in [6.07, 6.45) is 2.24. The number of carbonyl (C=O) groups excluding carboxylic acids is 1. The van der Waals surface area contributed by atoms with Gasteiger partial charge in [-0.2, -0.15) is 0 Å². The third kappa shape index (κ3) is 5.30. The highest BCUT2D eigenvalue weighted by Gasteiger charge is 2.38. The summed E-state index contributed by atoms with van der Waals surface area (Å²) in [5.41, 5.74) is 10.5. The predicted molar refractivity (Wildman–Crippen MR) is 124 cm³/mol. The number of anilines is 1. The van der Waals surface area contributed by atoms with E-state index in [1.165, 1.54) is 5.56 Å². The van der Waals surface area contributed by atoms with E-state index in [0.29, 0.717) is 0 Å². The zero-order valence-electron chi connectivity index (χ0n) is 18.8. The first kappa shape index (κ1) is 22.1. The molecule has 1 aliphatic heterocycles. The van der Waals surface area contributed by atoms with Crippen LogP contribution in [0.1, 0.15) is 46.1 Å². The Labute approximate surface area is 180 Å². The standard InChI is InChI=1S/C24H35N5O/c1-17(2)21(18(3)22(26-5)27-24(4)10-11-24)23(30)29-14-12-28(13-15-29)16-19-6-8-20(25)9-7-19/h6-9,27H,5,10-16,25H2,1-4H3/b22-18-. The number of rotatable bonds is 7. The van der Waals surface area contributed by atoms with Gasteiger partial charge in [-0.1, -0.05) is 17.7 Å². The molecule has 2 fully saturated rings. The fraction of sp³-hybridized carbons (Fsp3) is 0.500. The Morgan fingerprint density at radius 1 is 1.13 bits per heavy atom. The van der Waals surface area contributed by atoms with Crippen LogP contribution in [-0.2, 0) is 11.3 Å². The maximum absolute atomic E-state index is 13.4. The number of carbonyl (C=O) groups is 1. The van der Waals surface area contributed by atoms with Crippen LogP contribution in [0.3, 0.4) is 0 Å². The van der Waals surface area contributed by atoms with Crippen LogP contribution in [0.4, 0.5) is 5.69 Å². The van der Waals surface area contributed by atoms with E-state index in [0.717, 1.165) is 73.8 Å². The second kappa shape index (κ2) is 9.04. The van der Waals surface area contributed by atoms with Gasteiger partial charge in [-0.25, -0.2) is 4.99 Å². The van der Waals surface area contributed by atoms with Crippen molar-refractivity contribution in [3.05, 3.63) is 52.4 Å². The first-order valence-corrected chi connectivity index (χ1v) is 10.7. The second-order valence-corrected chi connectivity index (χ2v) is 9.00. The maximum atomic E-state index is 13.4. The van der Waals surface area contributed by atoms with Crippen LogP contribution in [0.25, 0.3) is 0 Å². The number of nitrogens with two attached hydrogens (primary N) is 1. The Balaban J connectivity index is 1.66. The van der Waals surface area contributed by atoms with Crippen molar-refractivity contribution in [2.45, 2.75) is 52.6 Å². The molecule has 162 valence electrons. The molecule has 2 aliphatic rings. The number of hydrogen-bond acceptors (Lipinski definition) is 5. The van der Waals surface area contributed by atoms with E-state index in [1.807, 2.05) is 37.8 Å². The number of amides is 1. The molecule has 1 amide bonds. The van der Waals surface area contributed by atoms with E-state index in [1.54, 1.807) is 0 Å². The summed E-state index contributed by atoms with van der Waals surface area (Å²) in [6, 6.07) is 8.01. The first-order chi connectivity index (χ1) is 14.2. The van der Waals surface area contributed by atoms with Crippen LogP contribution < -0.4 is 11.1 Å². The van der Waals surface area contributed by atoms with Gasteiger partial charge < -0.3 is 16.0 Å². The van der Waals surface area contributed by atoms with Gasteiger partial charge in [0.15, 0.2) is 0 Å². The molecule has 3 N–H and O–H groups in total. The van der Waals surface area contributed by atoms with Crippen LogP contribution >= 0.6 is 0 Å². The summed E-state index contributed by atoms with van der Waals surface area (Å²) >= 11 is 0. The molecule has 0 radical (unpaired) electrons. The molecule has 0 unspecified atom stereocenters. The molecule has 0 spiro atoms. The number of piperazine rings is 1. The molecule has 1 aromatic carbocycles. The van der Waals surface area contributed by atoms with Gasteiger partial charge in [-0.15, -0.1) is 0 Å². The van der Waals surface area contributed by atoms with Crippen molar-refractivity contribution in [2.75, 3.05) is 31.9 Å². The number of benzene rings is 1. The van der Waals surface area contributed by atoms with Crippen molar-refractivity contribution in [1.29, 1.82) is 0 Å². The van der Waals surface area contributed by atoms with Crippen molar-refractivity contribution in [1.82, 2.24) is 15.1 Å². The maximum Gasteiger partial charge on any atom is 0.254 e. The van der Waals surface area contributed by atoms with Crippen molar-refractivity contribution in [2.24, 2.45) is 4.99 Å². The molecule has 3 rings (SSSR count). The molecule has 0 bridgehead atoms. The Bertz CT molecular complexity index is 852. The molecular formula is C24H35N5O. The lowest BCUT2D eigenvalue weighted by molar-refractivity contribution is -0.128. The number of aliphatic imine (C=N–C) groups is 1. The highest BCUT2D eigenvalue weighted by Crippen LogP contribution is 2.36. The summed E-state index contributed by atoms with van der Waals surface area (Å²) in [5.74, 6) is 0.810. The number of nitrogens with zero attached hydrogens (tertiary/aromatic N) is 3. The van der Waals surface area contributed by atoms with Gasteiger partial charge >= 0.3 is 0 Å². The fourth-order valence-electron chi connectivity index (χ4n) is 3.87. The van der Waals surface area contributed by atoms with E-state index >= 15 is 0 Å². The van der Waals surface area contributed by atoms with E-state index in [9.17, 15) is 4.79 Å². The van der Waals surface area contributed by atoms with E-state index in [4.69, 9.17) is 5.73 Å². The number of nitrogens with one attached hydrogen (secondary N) is 1. The lowest BCUT2D eigenvalue weighted by atomic mass is 10.00. The molecule has 1 saturated carbocycles. The molecule has 0 aromatic heterocycles. The van der Waals surface area contributed by atoms with Crippen molar-refractivity contribution < 1.29 is 4.79 Å². The summed E-state index contributed by atoms with van der Waals surface area (Å²) < 4.78 is 0. The van der Waals surface area contributed by atoms with Crippen LogP contribution in [0.2, 0.25) is 0 Å². The zero-order chi connectivity index (χ0) is 21.9. The minimum Gasteiger partial charge on any atom is -0.399 e. The summed E-state index contributed by atoms with van der Waals surface area (Å²) in [7, 11) is 0. The average molecular weight is 410 g/mol. The number of hydrogen-bond donors (Lipinski definition) is 2. The van der Waals surface area contributed by atoms with Crippen LogP contribution in [0.5, 0.6) is 0 Å². The van der Waals surface area contributed by atoms with Crippen LogP contribution in [0.15, 0.2) is 51.8 Å². The third-order valence-corrected chi connectivity index (χ3v) is 6.07. The molecule has 1 heterocycles. The Morgan fingerprint density at radius 3 is 2.23 bits per heavy atom. The smallest absolute Gasteiger partial charge is 0.254 e. The van der Waals surface area contributed by atoms with Crippen LogP contribution in [-0.4, -0.2) is 54.1 Å². The van der Waals surface area contributed by atoms with Gasteiger partial charge in [0.1, 0.15) is 5.82 Å². The SMILES string of the molecule is C=N/C(NC1(C)CC1)=C(\C)C(C(=O)N1CCN(Cc2ccc(N)cc2)CC1)=C(C)C. The summed E-state index contributed by atoms with van der Waals surface area (Å²) in [4.78, 5) is 21.9. The first-order valence-electron chi connectivity index (χ1n) is 10.7. The Kier molecular flexibility index (Phi) is 6.66. The molecule has 1 aromatic rings. The average Bonchev–Trinajstić information content (AvgIpc) is 3.45. The fourth-order valence-corrected chi connectivity index (χ4v) is 3.87.